The summed E-state index contributed by atoms with van der Waals surface area (Å²) < 4.78 is 33.4. The zero-order valence-electron chi connectivity index (χ0n) is 17.7. The molecule has 1 amide bonds. The first-order valence-electron chi connectivity index (χ1n) is 10.4. The van der Waals surface area contributed by atoms with E-state index in [4.69, 9.17) is 4.74 Å². The average Bonchev–Trinajstić information content (AvgIpc) is 2.77. The Morgan fingerprint density at radius 3 is 2.40 bits per heavy atom. The summed E-state index contributed by atoms with van der Waals surface area (Å²) >= 11 is 0. The lowest BCUT2D eigenvalue weighted by Gasteiger charge is -2.30. The summed E-state index contributed by atoms with van der Waals surface area (Å²) in [6.45, 7) is 3.32. The number of methoxy groups -OCH3 is 1. The molecule has 0 aliphatic carbocycles. The summed E-state index contributed by atoms with van der Waals surface area (Å²) in [6, 6.07) is 14.5. The third-order valence-corrected chi connectivity index (χ3v) is 7.36. The number of benzene rings is 2. The molecule has 0 radical (unpaired) electrons. The van der Waals surface area contributed by atoms with Gasteiger partial charge in [-0.1, -0.05) is 30.3 Å². The first kappa shape index (κ1) is 22.3. The van der Waals surface area contributed by atoms with E-state index in [1.54, 1.807) is 30.2 Å². The molecule has 0 unspecified atom stereocenters. The number of carbonyl (C=O) groups excluding carboxylic acids is 1. The molecule has 1 aliphatic rings. The fraction of sp³-hybridized carbons (Fsp3) is 0.435. The predicted octanol–water partition coefficient (Wildman–Crippen LogP) is 3.25. The fourth-order valence-corrected chi connectivity index (χ4v) is 5.21. The molecule has 3 rings (SSSR count). The molecular weight excluding hydrogens is 400 g/mol. The quantitative estimate of drug-likeness (QED) is 0.645. The number of sulfonamides is 1. The smallest absolute Gasteiger partial charge is 0.243 e. The van der Waals surface area contributed by atoms with E-state index in [-0.39, 0.29) is 23.9 Å². The van der Waals surface area contributed by atoms with Crippen LogP contribution < -0.4 is 4.74 Å². The van der Waals surface area contributed by atoms with Gasteiger partial charge < -0.3 is 9.64 Å². The van der Waals surface area contributed by atoms with Gasteiger partial charge in [-0.15, -0.1) is 0 Å². The largest absolute Gasteiger partial charge is 0.496 e. The predicted molar refractivity (Wildman–Crippen MR) is 117 cm³/mol. The van der Waals surface area contributed by atoms with Gasteiger partial charge in [0.15, 0.2) is 0 Å². The van der Waals surface area contributed by atoms with Crippen LogP contribution in [0.4, 0.5) is 0 Å². The Bertz CT molecular complexity index is 954. The Morgan fingerprint density at radius 1 is 1.07 bits per heavy atom. The molecule has 1 saturated heterocycles. The van der Waals surface area contributed by atoms with Gasteiger partial charge in [0.05, 0.1) is 18.6 Å². The van der Waals surface area contributed by atoms with E-state index in [0.717, 1.165) is 30.4 Å². The number of rotatable bonds is 8. The Hall–Kier alpha value is -2.38. The SMILES string of the molecule is COc1ccc(S(=O)(=O)N(CCc2ccccc2)CC(=O)N2CCCCC2)cc1C. The van der Waals surface area contributed by atoms with Crippen LogP contribution in [0, 0.1) is 6.92 Å². The summed E-state index contributed by atoms with van der Waals surface area (Å²) in [5.74, 6) is 0.505. The minimum atomic E-state index is -3.82. The number of hydrogen-bond acceptors (Lipinski definition) is 4. The molecule has 2 aromatic rings. The van der Waals surface area contributed by atoms with Crippen molar-refractivity contribution in [3.05, 3.63) is 59.7 Å². The van der Waals surface area contributed by atoms with Gasteiger partial charge in [-0.05, 0) is 61.9 Å². The maximum absolute atomic E-state index is 13.4. The number of nitrogens with zero attached hydrogens (tertiary/aromatic N) is 2. The second-order valence-corrected chi connectivity index (χ2v) is 9.59. The van der Waals surface area contributed by atoms with Crippen LogP contribution in [-0.2, 0) is 21.2 Å². The topological polar surface area (TPSA) is 66.9 Å². The van der Waals surface area contributed by atoms with E-state index in [1.807, 2.05) is 37.3 Å². The molecule has 0 bridgehead atoms. The van der Waals surface area contributed by atoms with Gasteiger partial charge in [0, 0.05) is 19.6 Å². The number of amides is 1. The molecule has 1 aliphatic heterocycles. The van der Waals surface area contributed by atoms with Crippen LogP contribution in [0.1, 0.15) is 30.4 Å². The number of hydrogen-bond donors (Lipinski definition) is 0. The van der Waals surface area contributed by atoms with Crippen molar-refractivity contribution >= 4 is 15.9 Å². The Kier molecular flexibility index (Phi) is 7.50. The standard InChI is InChI=1S/C23H30N2O4S/c1-19-17-21(11-12-22(19)29-2)30(27,28)25(16-13-20-9-5-3-6-10-20)18-23(26)24-14-7-4-8-15-24/h3,5-6,9-12,17H,4,7-8,13-16,18H2,1-2H3. The average molecular weight is 431 g/mol. The molecule has 30 heavy (non-hydrogen) atoms. The zero-order valence-corrected chi connectivity index (χ0v) is 18.5. The highest BCUT2D eigenvalue weighted by molar-refractivity contribution is 7.89. The molecule has 1 fully saturated rings. The van der Waals surface area contributed by atoms with Crippen LogP contribution in [0.15, 0.2) is 53.4 Å². The summed E-state index contributed by atoms with van der Waals surface area (Å²) in [7, 11) is -2.27. The van der Waals surface area contributed by atoms with Gasteiger partial charge in [0.25, 0.3) is 0 Å². The fourth-order valence-electron chi connectivity index (χ4n) is 3.74. The summed E-state index contributed by atoms with van der Waals surface area (Å²) in [6.07, 6.45) is 3.60. The summed E-state index contributed by atoms with van der Waals surface area (Å²) in [5.41, 5.74) is 1.78. The van der Waals surface area contributed by atoms with E-state index >= 15 is 0 Å². The normalized spacial score (nSPS) is 14.7. The first-order chi connectivity index (χ1) is 14.4. The minimum Gasteiger partial charge on any atom is -0.496 e. The monoisotopic (exact) mass is 430 g/mol. The highest BCUT2D eigenvalue weighted by atomic mass is 32.2. The van der Waals surface area contributed by atoms with Crippen molar-refractivity contribution in [1.82, 2.24) is 9.21 Å². The van der Waals surface area contributed by atoms with E-state index in [1.165, 1.54) is 4.31 Å². The van der Waals surface area contributed by atoms with Gasteiger partial charge >= 0.3 is 0 Å². The highest BCUT2D eigenvalue weighted by Gasteiger charge is 2.29. The molecule has 6 nitrogen and oxygen atoms in total. The van der Waals surface area contributed by atoms with Crippen molar-refractivity contribution in [2.75, 3.05) is 33.3 Å². The Balaban J connectivity index is 1.84. The lowest BCUT2D eigenvalue weighted by Crippen LogP contribution is -2.45. The number of ether oxygens (including phenoxy) is 1. The Morgan fingerprint density at radius 2 is 1.77 bits per heavy atom. The molecule has 0 spiro atoms. The van der Waals surface area contributed by atoms with E-state index in [2.05, 4.69) is 0 Å². The molecular formula is C23H30N2O4S. The van der Waals surface area contributed by atoms with Gasteiger partial charge in [-0.25, -0.2) is 8.42 Å². The molecule has 162 valence electrons. The number of carbonyl (C=O) groups is 1. The van der Waals surface area contributed by atoms with Gasteiger partial charge in [-0.3, -0.25) is 4.79 Å². The van der Waals surface area contributed by atoms with Crippen LogP contribution >= 0.6 is 0 Å². The number of piperidine rings is 1. The lowest BCUT2D eigenvalue weighted by atomic mass is 10.1. The summed E-state index contributed by atoms with van der Waals surface area (Å²) in [5, 5.41) is 0. The zero-order chi connectivity index (χ0) is 21.6. The second kappa shape index (κ2) is 10.1. The minimum absolute atomic E-state index is 0.128. The number of likely N-dealkylation sites (tertiary alicyclic amines) is 1. The molecule has 0 atom stereocenters. The van der Waals surface area contributed by atoms with E-state index in [9.17, 15) is 13.2 Å². The van der Waals surface area contributed by atoms with Crippen LogP contribution in [-0.4, -0.2) is 56.8 Å². The molecule has 1 heterocycles. The van der Waals surface area contributed by atoms with Crippen LogP contribution in [0.2, 0.25) is 0 Å². The molecule has 0 aromatic heterocycles. The summed E-state index contributed by atoms with van der Waals surface area (Å²) in [4.78, 5) is 14.8. The van der Waals surface area contributed by atoms with Crippen molar-refractivity contribution in [3.8, 4) is 5.75 Å². The lowest BCUT2D eigenvalue weighted by molar-refractivity contribution is -0.132. The van der Waals surface area contributed by atoms with E-state index < -0.39 is 10.0 Å². The van der Waals surface area contributed by atoms with Crippen molar-refractivity contribution in [2.45, 2.75) is 37.5 Å². The molecule has 0 saturated carbocycles. The molecule has 7 heteroatoms. The van der Waals surface area contributed by atoms with Gasteiger partial charge in [0.2, 0.25) is 15.9 Å². The van der Waals surface area contributed by atoms with Crippen LogP contribution in [0.25, 0.3) is 0 Å². The van der Waals surface area contributed by atoms with Gasteiger partial charge in [-0.2, -0.15) is 4.31 Å². The highest BCUT2D eigenvalue weighted by Crippen LogP contribution is 2.24. The van der Waals surface area contributed by atoms with Gasteiger partial charge in [0.1, 0.15) is 5.75 Å². The third kappa shape index (κ3) is 5.40. The first-order valence-corrected chi connectivity index (χ1v) is 11.8. The van der Waals surface area contributed by atoms with Crippen LogP contribution in [0.5, 0.6) is 5.75 Å². The molecule has 2 aromatic carbocycles. The maximum atomic E-state index is 13.4. The van der Waals surface area contributed by atoms with Crippen molar-refractivity contribution in [2.24, 2.45) is 0 Å². The Labute approximate surface area is 179 Å². The second-order valence-electron chi connectivity index (χ2n) is 7.65. The number of aryl methyl sites for hydroxylation is 1. The third-order valence-electron chi connectivity index (χ3n) is 5.52. The molecule has 0 N–H and O–H groups in total. The van der Waals surface area contributed by atoms with Crippen molar-refractivity contribution < 1.29 is 17.9 Å². The maximum Gasteiger partial charge on any atom is 0.243 e. The van der Waals surface area contributed by atoms with E-state index in [0.29, 0.717) is 25.3 Å². The van der Waals surface area contributed by atoms with Crippen molar-refractivity contribution in [1.29, 1.82) is 0 Å². The van der Waals surface area contributed by atoms with Crippen LogP contribution in [0.3, 0.4) is 0 Å². The van der Waals surface area contributed by atoms with Crippen molar-refractivity contribution in [3.63, 3.8) is 0 Å².